The van der Waals surface area contributed by atoms with Crippen molar-refractivity contribution in [1.29, 1.82) is 0 Å². The van der Waals surface area contributed by atoms with Crippen molar-refractivity contribution in [2.45, 2.75) is 12.8 Å². The number of benzene rings is 1. The highest BCUT2D eigenvalue weighted by Crippen LogP contribution is 2.27. The van der Waals surface area contributed by atoms with Gasteiger partial charge in [-0.05, 0) is 17.7 Å². The number of phenolic OH excluding ortho intramolecular Hbond substituents is 1. The molecule has 0 saturated heterocycles. The number of aromatic hydroxyl groups is 1. The van der Waals surface area contributed by atoms with Crippen molar-refractivity contribution in [2.24, 2.45) is 0 Å². The number of phenols is 1. The lowest BCUT2D eigenvalue weighted by Gasteiger charge is -2.10. The van der Waals surface area contributed by atoms with Crippen LogP contribution >= 0.6 is 15.9 Å². The summed E-state index contributed by atoms with van der Waals surface area (Å²) >= 11 is 3.32. The monoisotopic (exact) mass is 230 g/mol. The van der Waals surface area contributed by atoms with Crippen LogP contribution in [0.25, 0.3) is 0 Å². The molecule has 0 bridgehead atoms. The minimum absolute atomic E-state index is 0.0972. The summed E-state index contributed by atoms with van der Waals surface area (Å²) in [4.78, 5) is 0. The number of hydrogen-bond donors (Lipinski definition) is 2. The fraction of sp³-hybridized carbons (Fsp3) is 0.333. The molecule has 0 spiro atoms. The molecular weight excluding hydrogens is 220 g/mol. The second kappa shape index (κ2) is 3.92. The van der Waals surface area contributed by atoms with E-state index in [9.17, 15) is 0 Å². The van der Waals surface area contributed by atoms with Crippen molar-refractivity contribution in [3.8, 4) is 5.75 Å². The van der Waals surface area contributed by atoms with Crippen molar-refractivity contribution in [1.82, 2.24) is 0 Å². The van der Waals surface area contributed by atoms with Crippen LogP contribution in [-0.2, 0) is 0 Å². The van der Waals surface area contributed by atoms with Crippen LogP contribution in [0.5, 0.6) is 5.75 Å². The SMILES string of the molecule is CC(CO)c1ccc(O)cc1Br. The third-order valence-electron chi connectivity index (χ3n) is 1.79. The van der Waals surface area contributed by atoms with Crippen molar-refractivity contribution in [2.75, 3.05) is 6.61 Å². The first-order chi connectivity index (χ1) is 5.65. The summed E-state index contributed by atoms with van der Waals surface area (Å²) in [6.45, 7) is 2.04. The molecule has 1 rings (SSSR count). The topological polar surface area (TPSA) is 40.5 Å². The minimum atomic E-state index is 0.0972. The number of aliphatic hydroxyl groups is 1. The van der Waals surface area contributed by atoms with Crippen molar-refractivity contribution < 1.29 is 10.2 Å². The van der Waals surface area contributed by atoms with Gasteiger partial charge in [0.25, 0.3) is 0 Å². The summed E-state index contributed by atoms with van der Waals surface area (Å²) in [5.74, 6) is 0.329. The van der Waals surface area contributed by atoms with E-state index >= 15 is 0 Å². The van der Waals surface area contributed by atoms with E-state index in [0.29, 0.717) is 0 Å². The smallest absolute Gasteiger partial charge is 0.116 e. The molecule has 1 aromatic rings. The Morgan fingerprint density at radius 3 is 2.67 bits per heavy atom. The number of hydrogen-bond acceptors (Lipinski definition) is 2. The van der Waals surface area contributed by atoms with Crippen molar-refractivity contribution >= 4 is 15.9 Å². The predicted molar refractivity (Wildman–Crippen MR) is 51.3 cm³/mol. The molecule has 1 unspecified atom stereocenters. The summed E-state index contributed by atoms with van der Waals surface area (Å²) < 4.78 is 0.837. The molecule has 3 heteroatoms. The summed E-state index contributed by atoms with van der Waals surface area (Å²) in [5, 5.41) is 18.0. The van der Waals surface area contributed by atoms with Crippen LogP contribution in [0.2, 0.25) is 0 Å². The molecule has 0 heterocycles. The lowest BCUT2D eigenvalue weighted by atomic mass is 10.0. The minimum Gasteiger partial charge on any atom is -0.508 e. The predicted octanol–water partition coefficient (Wildman–Crippen LogP) is 2.25. The van der Waals surface area contributed by atoms with Crippen LogP contribution in [0, 0.1) is 0 Å². The summed E-state index contributed by atoms with van der Waals surface area (Å²) in [6, 6.07) is 5.05. The Hall–Kier alpha value is -0.540. The molecule has 0 radical (unpaired) electrons. The van der Waals surface area contributed by atoms with Gasteiger partial charge in [0.15, 0.2) is 0 Å². The van der Waals surface area contributed by atoms with Crippen LogP contribution in [0.15, 0.2) is 22.7 Å². The molecule has 0 fully saturated rings. The van der Waals surface area contributed by atoms with Gasteiger partial charge in [0.05, 0.1) is 0 Å². The highest BCUT2D eigenvalue weighted by Gasteiger charge is 2.07. The molecule has 0 saturated carbocycles. The molecular formula is C9H11BrO2. The standard InChI is InChI=1S/C9H11BrO2/c1-6(5-11)8-3-2-7(12)4-9(8)10/h2-4,6,11-12H,5H2,1H3. The maximum atomic E-state index is 9.10. The Balaban J connectivity index is 3.01. The van der Waals surface area contributed by atoms with Gasteiger partial charge in [-0.25, -0.2) is 0 Å². The lowest BCUT2D eigenvalue weighted by Crippen LogP contribution is -1.99. The number of aliphatic hydroxyl groups excluding tert-OH is 1. The fourth-order valence-corrected chi connectivity index (χ4v) is 1.77. The first-order valence-electron chi connectivity index (χ1n) is 3.74. The highest BCUT2D eigenvalue weighted by atomic mass is 79.9. The molecule has 2 N–H and O–H groups in total. The van der Waals surface area contributed by atoms with Gasteiger partial charge in [0.2, 0.25) is 0 Å². The van der Waals surface area contributed by atoms with Crippen LogP contribution < -0.4 is 0 Å². The molecule has 1 aromatic carbocycles. The van der Waals surface area contributed by atoms with Crippen LogP contribution in [0.4, 0.5) is 0 Å². The maximum Gasteiger partial charge on any atom is 0.116 e. The Bertz CT molecular complexity index is 273. The molecule has 0 aromatic heterocycles. The van der Waals surface area contributed by atoms with Crippen molar-refractivity contribution in [3.05, 3.63) is 28.2 Å². The second-order valence-corrected chi connectivity index (χ2v) is 3.64. The van der Waals surface area contributed by atoms with Gasteiger partial charge >= 0.3 is 0 Å². The van der Waals surface area contributed by atoms with Gasteiger partial charge in [-0.3, -0.25) is 0 Å². The normalized spacial score (nSPS) is 12.9. The van der Waals surface area contributed by atoms with Crippen LogP contribution in [0.1, 0.15) is 18.4 Å². The Morgan fingerprint density at radius 1 is 1.50 bits per heavy atom. The molecule has 0 amide bonds. The maximum absolute atomic E-state index is 9.10. The van der Waals surface area contributed by atoms with Crippen LogP contribution in [0.3, 0.4) is 0 Å². The highest BCUT2D eigenvalue weighted by molar-refractivity contribution is 9.10. The zero-order valence-electron chi connectivity index (χ0n) is 6.79. The second-order valence-electron chi connectivity index (χ2n) is 2.79. The largest absolute Gasteiger partial charge is 0.508 e. The third kappa shape index (κ3) is 1.99. The fourth-order valence-electron chi connectivity index (χ4n) is 1.01. The van der Waals surface area contributed by atoms with E-state index in [1.807, 2.05) is 6.92 Å². The third-order valence-corrected chi connectivity index (χ3v) is 2.48. The Morgan fingerprint density at radius 2 is 2.17 bits per heavy atom. The van der Waals surface area contributed by atoms with Crippen LogP contribution in [-0.4, -0.2) is 16.8 Å². The van der Waals surface area contributed by atoms with Gasteiger partial charge < -0.3 is 10.2 Å². The first-order valence-corrected chi connectivity index (χ1v) is 4.53. The summed E-state index contributed by atoms with van der Waals surface area (Å²) in [5.41, 5.74) is 1.01. The van der Waals surface area contributed by atoms with Gasteiger partial charge in [0.1, 0.15) is 5.75 Å². The molecule has 0 aliphatic rings. The van der Waals surface area contributed by atoms with Gasteiger partial charge in [-0.1, -0.05) is 28.9 Å². The van der Waals surface area contributed by atoms with Gasteiger partial charge in [-0.2, -0.15) is 0 Å². The van der Waals surface area contributed by atoms with E-state index in [0.717, 1.165) is 10.0 Å². The Kier molecular flexibility index (Phi) is 3.12. The number of rotatable bonds is 2. The zero-order valence-corrected chi connectivity index (χ0v) is 8.37. The van der Waals surface area contributed by atoms with Crippen molar-refractivity contribution in [3.63, 3.8) is 0 Å². The molecule has 12 heavy (non-hydrogen) atoms. The van der Waals surface area contributed by atoms with E-state index in [-0.39, 0.29) is 18.3 Å². The molecule has 0 aliphatic heterocycles. The molecule has 1 atom stereocenters. The molecule has 66 valence electrons. The van der Waals surface area contributed by atoms with E-state index in [4.69, 9.17) is 10.2 Å². The average molecular weight is 231 g/mol. The van der Waals surface area contributed by atoms with Gasteiger partial charge in [0, 0.05) is 17.0 Å². The van der Waals surface area contributed by atoms with E-state index < -0.39 is 0 Å². The van der Waals surface area contributed by atoms with Gasteiger partial charge in [-0.15, -0.1) is 0 Å². The molecule has 2 nitrogen and oxygen atoms in total. The Labute approximate surface area is 80.0 Å². The lowest BCUT2D eigenvalue weighted by molar-refractivity contribution is 0.272. The quantitative estimate of drug-likeness (QED) is 0.819. The zero-order chi connectivity index (χ0) is 9.14. The first kappa shape index (κ1) is 9.55. The summed E-state index contributed by atoms with van der Waals surface area (Å²) in [6.07, 6.45) is 0. The molecule has 0 aliphatic carbocycles. The van der Waals surface area contributed by atoms with E-state index in [2.05, 4.69) is 15.9 Å². The number of halogens is 1. The van der Waals surface area contributed by atoms with E-state index in [1.165, 1.54) is 0 Å². The summed E-state index contributed by atoms with van der Waals surface area (Å²) in [7, 11) is 0. The average Bonchev–Trinajstić information content (AvgIpc) is 2.03. The van der Waals surface area contributed by atoms with E-state index in [1.54, 1.807) is 18.2 Å².